The maximum Gasteiger partial charge on any atom is 0.255 e. The molecule has 0 heterocycles. The molecular formula is C19H23NO2S. The molecule has 0 radical (unpaired) electrons. The molecule has 0 aromatic heterocycles. The molecule has 4 heteroatoms. The van der Waals surface area contributed by atoms with Crippen molar-refractivity contribution >= 4 is 21.8 Å². The van der Waals surface area contributed by atoms with Gasteiger partial charge in [-0.25, -0.2) is 8.42 Å². The van der Waals surface area contributed by atoms with E-state index in [2.05, 4.69) is 16.9 Å². The summed E-state index contributed by atoms with van der Waals surface area (Å²) in [6.07, 6.45) is 1.67. The molecule has 0 aliphatic rings. The summed E-state index contributed by atoms with van der Waals surface area (Å²) in [4.78, 5) is 0. The molecule has 0 aliphatic carbocycles. The monoisotopic (exact) mass is 329 g/mol. The molecule has 0 bridgehead atoms. The average molecular weight is 329 g/mol. The van der Waals surface area contributed by atoms with E-state index in [1.54, 1.807) is 6.08 Å². The maximum atomic E-state index is 12.4. The molecule has 122 valence electrons. The van der Waals surface area contributed by atoms with E-state index in [1.807, 2.05) is 52.8 Å². The first-order valence-electron chi connectivity index (χ1n) is 7.54. The summed E-state index contributed by atoms with van der Waals surface area (Å²) in [6, 6.07) is 9.80. The van der Waals surface area contributed by atoms with Crippen LogP contribution >= 0.6 is 0 Å². The molecule has 3 nitrogen and oxygen atoms in total. The lowest BCUT2D eigenvalue weighted by molar-refractivity contribution is 0.609. The van der Waals surface area contributed by atoms with Crippen LogP contribution in [0.15, 0.2) is 35.7 Å². The number of rotatable bonds is 4. The van der Waals surface area contributed by atoms with E-state index in [-0.39, 0.29) is 0 Å². The quantitative estimate of drug-likeness (QED) is 0.888. The number of para-hydroxylation sites is 1. The van der Waals surface area contributed by atoms with E-state index in [4.69, 9.17) is 0 Å². The first-order valence-corrected chi connectivity index (χ1v) is 9.09. The fourth-order valence-electron chi connectivity index (χ4n) is 2.76. The van der Waals surface area contributed by atoms with E-state index in [1.165, 1.54) is 11.0 Å². The minimum atomic E-state index is -3.55. The standard InChI is InChI=1S/C19H23NO2S/c1-13-11-16(4)18(17(5)12-13)9-10-23(21,22)20-19-14(2)7-6-8-15(19)3/h6-12,20H,1-5H3/b10-9+. The van der Waals surface area contributed by atoms with Crippen LogP contribution in [-0.2, 0) is 10.0 Å². The smallest absolute Gasteiger partial charge is 0.255 e. The molecule has 0 unspecified atom stereocenters. The van der Waals surface area contributed by atoms with Gasteiger partial charge >= 0.3 is 0 Å². The molecule has 0 saturated carbocycles. The van der Waals surface area contributed by atoms with Crippen LogP contribution < -0.4 is 4.72 Å². The van der Waals surface area contributed by atoms with Crippen LogP contribution in [0.2, 0.25) is 0 Å². The Bertz CT molecular complexity index is 822. The summed E-state index contributed by atoms with van der Waals surface area (Å²) >= 11 is 0. The van der Waals surface area contributed by atoms with Crippen LogP contribution in [0.3, 0.4) is 0 Å². The second kappa shape index (κ2) is 6.59. The number of hydrogen-bond donors (Lipinski definition) is 1. The molecule has 0 spiro atoms. The molecule has 0 amide bonds. The fourth-order valence-corrected chi connectivity index (χ4v) is 3.75. The van der Waals surface area contributed by atoms with Crippen molar-refractivity contribution in [3.05, 3.63) is 69.1 Å². The first kappa shape index (κ1) is 17.3. The zero-order chi connectivity index (χ0) is 17.2. The SMILES string of the molecule is Cc1cc(C)c(/C=C/S(=O)(=O)Nc2c(C)cccc2C)c(C)c1. The van der Waals surface area contributed by atoms with Gasteiger partial charge in [0.05, 0.1) is 11.1 Å². The van der Waals surface area contributed by atoms with E-state index >= 15 is 0 Å². The number of sulfonamides is 1. The number of anilines is 1. The topological polar surface area (TPSA) is 46.2 Å². The highest BCUT2D eigenvalue weighted by molar-refractivity contribution is 7.95. The summed E-state index contributed by atoms with van der Waals surface area (Å²) in [5.41, 5.74) is 6.72. The molecule has 2 rings (SSSR count). The third kappa shape index (κ3) is 4.23. The van der Waals surface area contributed by atoms with Gasteiger partial charge in [-0.1, -0.05) is 35.9 Å². The summed E-state index contributed by atoms with van der Waals surface area (Å²) in [6.45, 7) is 9.80. The zero-order valence-corrected chi connectivity index (χ0v) is 15.1. The number of benzene rings is 2. The third-order valence-electron chi connectivity index (χ3n) is 3.88. The van der Waals surface area contributed by atoms with Crippen LogP contribution in [0.25, 0.3) is 6.08 Å². The van der Waals surface area contributed by atoms with Crippen LogP contribution in [0, 0.1) is 34.6 Å². The van der Waals surface area contributed by atoms with E-state index in [0.29, 0.717) is 5.69 Å². The lowest BCUT2D eigenvalue weighted by atomic mass is 10.0. The summed E-state index contributed by atoms with van der Waals surface area (Å²) in [5.74, 6) is 0. The van der Waals surface area contributed by atoms with Gasteiger partial charge in [0.2, 0.25) is 0 Å². The van der Waals surface area contributed by atoms with Crippen LogP contribution in [-0.4, -0.2) is 8.42 Å². The molecule has 23 heavy (non-hydrogen) atoms. The van der Waals surface area contributed by atoms with Gasteiger partial charge in [-0.15, -0.1) is 0 Å². The second-order valence-corrected chi connectivity index (χ2v) is 7.60. The Morgan fingerprint density at radius 3 is 1.91 bits per heavy atom. The Balaban J connectivity index is 2.32. The van der Waals surface area contributed by atoms with Crippen LogP contribution in [0.5, 0.6) is 0 Å². The summed E-state index contributed by atoms with van der Waals surface area (Å²) in [5, 5.41) is 1.24. The Morgan fingerprint density at radius 1 is 0.870 bits per heavy atom. The van der Waals surface area contributed by atoms with Gasteiger partial charge in [0.15, 0.2) is 0 Å². The molecule has 2 aromatic rings. The lowest BCUT2D eigenvalue weighted by Crippen LogP contribution is -2.11. The average Bonchev–Trinajstić information content (AvgIpc) is 2.42. The molecule has 0 aliphatic heterocycles. The minimum Gasteiger partial charge on any atom is -0.280 e. The third-order valence-corrected chi connectivity index (χ3v) is 4.86. The Labute approximate surface area is 139 Å². The Kier molecular flexibility index (Phi) is 4.95. The van der Waals surface area contributed by atoms with Gasteiger partial charge in [0, 0.05) is 0 Å². The van der Waals surface area contributed by atoms with Gasteiger partial charge in [-0.3, -0.25) is 4.72 Å². The molecule has 0 atom stereocenters. The van der Waals surface area contributed by atoms with Crippen molar-refractivity contribution < 1.29 is 8.42 Å². The van der Waals surface area contributed by atoms with Crippen molar-refractivity contribution in [1.82, 2.24) is 0 Å². The van der Waals surface area contributed by atoms with Crippen molar-refractivity contribution in [1.29, 1.82) is 0 Å². The van der Waals surface area contributed by atoms with Crippen molar-refractivity contribution in [3.63, 3.8) is 0 Å². The van der Waals surface area contributed by atoms with Gasteiger partial charge in [-0.05, 0) is 68.5 Å². The molecule has 2 aromatic carbocycles. The lowest BCUT2D eigenvalue weighted by Gasteiger charge is -2.11. The van der Waals surface area contributed by atoms with E-state index in [9.17, 15) is 8.42 Å². The number of aryl methyl sites for hydroxylation is 5. The van der Waals surface area contributed by atoms with Crippen molar-refractivity contribution in [3.8, 4) is 0 Å². The zero-order valence-electron chi connectivity index (χ0n) is 14.3. The van der Waals surface area contributed by atoms with Crippen molar-refractivity contribution in [2.45, 2.75) is 34.6 Å². The predicted octanol–water partition coefficient (Wildman–Crippen LogP) is 4.64. The molecular weight excluding hydrogens is 306 g/mol. The minimum absolute atomic E-state index is 0.648. The highest BCUT2D eigenvalue weighted by Gasteiger charge is 2.10. The molecule has 1 N–H and O–H groups in total. The maximum absolute atomic E-state index is 12.4. The van der Waals surface area contributed by atoms with Gasteiger partial charge in [0.1, 0.15) is 0 Å². The fraction of sp³-hybridized carbons (Fsp3) is 0.263. The highest BCUT2D eigenvalue weighted by atomic mass is 32.2. The van der Waals surface area contributed by atoms with Crippen LogP contribution in [0.1, 0.15) is 33.4 Å². The van der Waals surface area contributed by atoms with Crippen molar-refractivity contribution in [2.75, 3.05) is 4.72 Å². The molecule has 0 saturated heterocycles. The van der Waals surface area contributed by atoms with E-state index in [0.717, 1.165) is 27.8 Å². The Morgan fingerprint density at radius 2 is 1.39 bits per heavy atom. The number of nitrogens with one attached hydrogen (secondary N) is 1. The largest absolute Gasteiger partial charge is 0.280 e. The predicted molar refractivity (Wildman–Crippen MR) is 98.1 cm³/mol. The highest BCUT2D eigenvalue weighted by Crippen LogP contribution is 2.22. The second-order valence-electron chi connectivity index (χ2n) is 6.03. The van der Waals surface area contributed by atoms with E-state index < -0.39 is 10.0 Å². The Hall–Kier alpha value is -2.07. The van der Waals surface area contributed by atoms with Crippen LogP contribution in [0.4, 0.5) is 5.69 Å². The summed E-state index contributed by atoms with van der Waals surface area (Å²) < 4.78 is 27.4. The number of hydrogen-bond acceptors (Lipinski definition) is 2. The normalized spacial score (nSPS) is 11.9. The van der Waals surface area contributed by atoms with Gasteiger partial charge in [0.25, 0.3) is 10.0 Å². The van der Waals surface area contributed by atoms with Crippen molar-refractivity contribution in [2.24, 2.45) is 0 Å². The molecule has 0 fully saturated rings. The summed E-state index contributed by atoms with van der Waals surface area (Å²) in [7, 11) is -3.55. The van der Waals surface area contributed by atoms with Gasteiger partial charge in [-0.2, -0.15) is 0 Å². The first-order chi connectivity index (χ1) is 10.7. The van der Waals surface area contributed by atoms with Gasteiger partial charge < -0.3 is 0 Å².